The van der Waals surface area contributed by atoms with Crippen molar-refractivity contribution in [2.75, 3.05) is 0 Å². The van der Waals surface area contributed by atoms with Gasteiger partial charge in [-0.05, 0) is 18.6 Å². The number of pyridine rings is 1. The molecule has 2 rings (SSSR count). The molecular formula is C11H13N5O2S. The van der Waals surface area contributed by atoms with Crippen LogP contribution in [0.4, 0.5) is 4.79 Å². The molecule has 2 aromatic rings. The number of carbonyl (C=O) groups excluding carboxylic acids is 1. The van der Waals surface area contributed by atoms with E-state index in [2.05, 4.69) is 15.2 Å². The van der Waals surface area contributed by atoms with Gasteiger partial charge in [0.2, 0.25) is 5.88 Å². The SMILES string of the molecule is CC(Sc1nncn1C)c1ccnc(OC(N)=O)c1. The average Bonchev–Trinajstić information content (AvgIpc) is 2.74. The molecule has 2 N–H and O–H groups in total. The molecule has 0 spiro atoms. The molecule has 0 bridgehead atoms. The summed E-state index contributed by atoms with van der Waals surface area (Å²) in [7, 11) is 1.88. The maximum atomic E-state index is 10.7. The number of ether oxygens (including phenoxy) is 1. The first-order valence-electron chi connectivity index (χ1n) is 5.50. The van der Waals surface area contributed by atoms with Crippen molar-refractivity contribution in [3.63, 3.8) is 0 Å². The number of hydrogen-bond acceptors (Lipinski definition) is 6. The summed E-state index contributed by atoms with van der Waals surface area (Å²) >= 11 is 1.55. The summed E-state index contributed by atoms with van der Waals surface area (Å²) in [5, 5.41) is 8.75. The van der Waals surface area contributed by atoms with Gasteiger partial charge in [-0.3, -0.25) is 0 Å². The Kier molecular flexibility index (Phi) is 4.00. The van der Waals surface area contributed by atoms with Gasteiger partial charge < -0.3 is 15.0 Å². The Morgan fingerprint density at radius 3 is 3.00 bits per heavy atom. The number of aromatic nitrogens is 4. The molecule has 0 radical (unpaired) electrons. The van der Waals surface area contributed by atoms with Crippen LogP contribution in [0.25, 0.3) is 0 Å². The third-order valence-corrected chi connectivity index (χ3v) is 3.59. The van der Waals surface area contributed by atoms with E-state index in [0.717, 1.165) is 10.7 Å². The van der Waals surface area contributed by atoms with E-state index in [0.29, 0.717) is 0 Å². The molecule has 7 nitrogen and oxygen atoms in total. The summed E-state index contributed by atoms with van der Waals surface area (Å²) in [6.07, 6.45) is 2.34. The minimum absolute atomic E-state index is 0.112. The molecule has 2 aromatic heterocycles. The largest absolute Gasteiger partial charge is 0.411 e. The average molecular weight is 279 g/mol. The van der Waals surface area contributed by atoms with Crippen LogP contribution < -0.4 is 10.5 Å². The summed E-state index contributed by atoms with van der Waals surface area (Å²) in [6, 6.07) is 3.53. The van der Waals surface area contributed by atoms with E-state index >= 15 is 0 Å². The molecule has 8 heteroatoms. The number of primary amides is 1. The van der Waals surface area contributed by atoms with Crippen molar-refractivity contribution >= 4 is 17.9 Å². The first kappa shape index (κ1) is 13.3. The summed E-state index contributed by atoms with van der Waals surface area (Å²) < 4.78 is 6.59. The Bertz CT molecular complexity index is 586. The number of hydrogen-bond donors (Lipinski definition) is 1. The summed E-state index contributed by atoms with van der Waals surface area (Å²) in [5.74, 6) is 0.190. The number of amides is 1. The van der Waals surface area contributed by atoms with Crippen LogP contribution in [0.5, 0.6) is 5.88 Å². The molecule has 0 saturated heterocycles. The fraction of sp³-hybridized carbons (Fsp3) is 0.273. The molecule has 19 heavy (non-hydrogen) atoms. The van der Waals surface area contributed by atoms with E-state index < -0.39 is 6.09 Å². The monoisotopic (exact) mass is 279 g/mol. The Labute approximate surface area is 114 Å². The normalized spacial score (nSPS) is 12.1. The van der Waals surface area contributed by atoms with Gasteiger partial charge in [0.05, 0.1) is 0 Å². The predicted molar refractivity (Wildman–Crippen MR) is 69.7 cm³/mol. The van der Waals surface area contributed by atoms with Crippen molar-refractivity contribution in [2.45, 2.75) is 17.3 Å². The first-order chi connectivity index (χ1) is 9.06. The maximum Gasteiger partial charge on any atom is 0.411 e. The lowest BCUT2D eigenvalue weighted by Crippen LogP contribution is -2.17. The maximum absolute atomic E-state index is 10.7. The number of aryl methyl sites for hydroxylation is 1. The topological polar surface area (TPSA) is 95.9 Å². The minimum Gasteiger partial charge on any atom is -0.391 e. The molecule has 0 aromatic carbocycles. The first-order valence-corrected chi connectivity index (χ1v) is 6.38. The Balaban J connectivity index is 2.12. The van der Waals surface area contributed by atoms with Crippen molar-refractivity contribution in [3.05, 3.63) is 30.2 Å². The number of carbonyl (C=O) groups is 1. The van der Waals surface area contributed by atoms with Gasteiger partial charge in [-0.2, -0.15) is 0 Å². The minimum atomic E-state index is -0.877. The van der Waals surface area contributed by atoms with Crippen molar-refractivity contribution in [3.8, 4) is 5.88 Å². The van der Waals surface area contributed by atoms with Gasteiger partial charge in [-0.15, -0.1) is 10.2 Å². The highest BCUT2D eigenvalue weighted by atomic mass is 32.2. The summed E-state index contributed by atoms with van der Waals surface area (Å²) in [5.41, 5.74) is 5.91. The van der Waals surface area contributed by atoms with Crippen LogP contribution in [-0.4, -0.2) is 25.8 Å². The van der Waals surface area contributed by atoms with Gasteiger partial charge in [0.25, 0.3) is 0 Å². The summed E-state index contributed by atoms with van der Waals surface area (Å²) in [6.45, 7) is 2.02. The Hall–Kier alpha value is -2.09. The standard InChI is InChI=1S/C11H13N5O2S/c1-7(19-11-15-14-6-16(11)2)8-3-4-13-9(5-8)18-10(12)17/h3-7H,1-2H3,(H2,12,17). The highest BCUT2D eigenvalue weighted by molar-refractivity contribution is 7.99. The van der Waals surface area contributed by atoms with Crippen molar-refractivity contribution in [1.82, 2.24) is 19.7 Å². The zero-order valence-corrected chi connectivity index (χ0v) is 11.3. The Morgan fingerprint density at radius 2 is 2.37 bits per heavy atom. The molecule has 0 aliphatic heterocycles. The van der Waals surface area contributed by atoms with Crippen LogP contribution in [0, 0.1) is 0 Å². The zero-order valence-electron chi connectivity index (χ0n) is 10.5. The third-order valence-electron chi connectivity index (χ3n) is 2.39. The van der Waals surface area contributed by atoms with E-state index in [1.165, 1.54) is 0 Å². The second kappa shape index (κ2) is 5.70. The fourth-order valence-corrected chi connectivity index (χ4v) is 2.35. The molecule has 1 atom stereocenters. The lowest BCUT2D eigenvalue weighted by Gasteiger charge is -2.11. The van der Waals surface area contributed by atoms with Crippen molar-refractivity contribution in [2.24, 2.45) is 12.8 Å². The van der Waals surface area contributed by atoms with Crippen molar-refractivity contribution < 1.29 is 9.53 Å². The molecule has 0 saturated carbocycles. The lowest BCUT2D eigenvalue weighted by molar-refractivity contribution is 0.209. The molecule has 0 aliphatic rings. The van der Waals surface area contributed by atoms with E-state index in [4.69, 9.17) is 10.5 Å². The molecule has 1 amide bonds. The van der Waals surface area contributed by atoms with E-state index in [9.17, 15) is 4.79 Å². The number of nitrogens with two attached hydrogens (primary N) is 1. The molecule has 0 aliphatic carbocycles. The van der Waals surface area contributed by atoms with Crippen LogP contribution in [0.3, 0.4) is 0 Å². The van der Waals surface area contributed by atoms with E-state index in [1.54, 1.807) is 30.4 Å². The predicted octanol–water partition coefficient (Wildman–Crippen LogP) is 1.52. The fourth-order valence-electron chi connectivity index (χ4n) is 1.44. The number of thioether (sulfide) groups is 1. The van der Waals surface area contributed by atoms with E-state index in [1.807, 2.05) is 24.6 Å². The smallest absolute Gasteiger partial charge is 0.391 e. The van der Waals surface area contributed by atoms with Gasteiger partial charge in [0.15, 0.2) is 5.16 Å². The van der Waals surface area contributed by atoms with Crippen molar-refractivity contribution in [1.29, 1.82) is 0 Å². The Morgan fingerprint density at radius 1 is 1.58 bits per heavy atom. The van der Waals surface area contributed by atoms with Crippen LogP contribution >= 0.6 is 11.8 Å². The molecule has 0 fully saturated rings. The number of nitrogens with zero attached hydrogens (tertiary/aromatic N) is 4. The molecular weight excluding hydrogens is 266 g/mol. The molecule has 2 heterocycles. The van der Waals surface area contributed by atoms with E-state index in [-0.39, 0.29) is 11.1 Å². The number of rotatable bonds is 4. The molecule has 100 valence electrons. The lowest BCUT2D eigenvalue weighted by atomic mass is 10.2. The highest BCUT2D eigenvalue weighted by Gasteiger charge is 2.12. The summed E-state index contributed by atoms with van der Waals surface area (Å²) in [4.78, 5) is 14.6. The zero-order chi connectivity index (χ0) is 13.8. The van der Waals surface area contributed by atoms with Crippen LogP contribution in [-0.2, 0) is 7.05 Å². The van der Waals surface area contributed by atoms with Crippen LogP contribution in [0.15, 0.2) is 29.8 Å². The van der Waals surface area contributed by atoms with Gasteiger partial charge in [0, 0.05) is 24.6 Å². The van der Waals surface area contributed by atoms with Crippen LogP contribution in [0.1, 0.15) is 17.7 Å². The van der Waals surface area contributed by atoms with Gasteiger partial charge in [0.1, 0.15) is 6.33 Å². The highest BCUT2D eigenvalue weighted by Crippen LogP contribution is 2.33. The second-order valence-electron chi connectivity index (χ2n) is 3.83. The van der Waals surface area contributed by atoms with Gasteiger partial charge >= 0.3 is 6.09 Å². The van der Waals surface area contributed by atoms with Crippen LogP contribution in [0.2, 0.25) is 0 Å². The second-order valence-corrected chi connectivity index (χ2v) is 5.14. The third kappa shape index (κ3) is 3.44. The quantitative estimate of drug-likeness (QED) is 0.852. The molecule has 1 unspecified atom stereocenters. The van der Waals surface area contributed by atoms with Gasteiger partial charge in [-0.1, -0.05) is 11.8 Å². The van der Waals surface area contributed by atoms with Gasteiger partial charge in [-0.25, -0.2) is 9.78 Å².